The highest BCUT2D eigenvalue weighted by Gasteiger charge is 2.21. The molecular formula is C13H9ClN4O2. The van der Waals surface area contributed by atoms with Gasteiger partial charge in [0.25, 0.3) is 0 Å². The molecule has 20 heavy (non-hydrogen) atoms. The number of fused-ring (bicyclic) bond motifs is 1. The van der Waals surface area contributed by atoms with Crippen molar-refractivity contribution >= 4 is 34.3 Å². The van der Waals surface area contributed by atoms with Crippen LogP contribution >= 0.6 is 11.8 Å². The number of aromatic nitrogens is 3. The molecule has 0 aliphatic heterocycles. The minimum Gasteiger partial charge on any atom is -0.417 e. The van der Waals surface area contributed by atoms with E-state index in [9.17, 15) is 4.79 Å². The van der Waals surface area contributed by atoms with Crippen molar-refractivity contribution in [2.45, 2.75) is 6.92 Å². The average Bonchev–Trinajstić information content (AvgIpc) is 2.92. The van der Waals surface area contributed by atoms with Crippen LogP contribution < -0.4 is 4.42 Å². The Morgan fingerprint density at radius 1 is 1.30 bits per heavy atom. The number of pyridine rings is 1. The Bertz CT molecular complexity index is 787. The van der Waals surface area contributed by atoms with Crippen LogP contribution in [0.4, 0.5) is 5.69 Å². The summed E-state index contributed by atoms with van der Waals surface area (Å²) in [4.78, 5) is 16.3. The third kappa shape index (κ3) is 2.21. The van der Waals surface area contributed by atoms with Gasteiger partial charge in [-0.3, -0.25) is 9.78 Å². The Hall–Kier alpha value is -2.47. The van der Waals surface area contributed by atoms with Gasteiger partial charge in [0.15, 0.2) is 0 Å². The maximum absolute atomic E-state index is 12.1. The van der Waals surface area contributed by atoms with Crippen molar-refractivity contribution in [1.29, 1.82) is 0 Å². The van der Waals surface area contributed by atoms with E-state index in [4.69, 9.17) is 16.2 Å². The van der Waals surface area contributed by atoms with E-state index in [-0.39, 0.29) is 5.89 Å². The number of carbonyl (C=O) groups is 1. The largest absolute Gasteiger partial charge is 0.417 e. The van der Waals surface area contributed by atoms with E-state index < -0.39 is 5.91 Å². The molecular weight excluding hydrogens is 280 g/mol. The van der Waals surface area contributed by atoms with Crippen molar-refractivity contribution < 1.29 is 9.21 Å². The highest BCUT2D eigenvalue weighted by Crippen LogP contribution is 2.23. The molecule has 0 aliphatic rings. The fraction of sp³-hybridized carbons (Fsp3) is 0.0769. The Kier molecular flexibility index (Phi) is 3.08. The number of benzene rings is 1. The molecule has 0 saturated carbocycles. The molecule has 7 heteroatoms. The van der Waals surface area contributed by atoms with Crippen LogP contribution in [0, 0.1) is 6.92 Å². The molecule has 0 fully saturated rings. The molecule has 3 aromatic rings. The number of hydrogen-bond donors (Lipinski definition) is 0. The first-order valence-corrected chi connectivity index (χ1v) is 6.14. The minimum absolute atomic E-state index is 0.149. The third-order valence-electron chi connectivity index (χ3n) is 2.70. The van der Waals surface area contributed by atoms with E-state index in [1.165, 1.54) is 0 Å². The van der Waals surface area contributed by atoms with Gasteiger partial charge in [0, 0.05) is 30.3 Å². The number of amides is 1. The van der Waals surface area contributed by atoms with Gasteiger partial charge in [0.2, 0.25) is 5.89 Å². The van der Waals surface area contributed by atoms with E-state index in [0.29, 0.717) is 11.6 Å². The van der Waals surface area contributed by atoms with E-state index in [0.717, 1.165) is 15.3 Å². The zero-order valence-electron chi connectivity index (χ0n) is 10.4. The Morgan fingerprint density at radius 2 is 2.15 bits per heavy atom. The summed E-state index contributed by atoms with van der Waals surface area (Å²) in [5.74, 6) is -0.416. The number of nitrogens with zero attached hydrogens (tertiary/aromatic N) is 4. The fourth-order valence-corrected chi connectivity index (χ4v) is 1.95. The Morgan fingerprint density at radius 3 is 2.90 bits per heavy atom. The van der Waals surface area contributed by atoms with Gasteiger partial charge in [-0.1, -0.05) is 6.07 Å². The summed E-state index contributed by atoms with van der Waals surface area (Å²) in [6.45, 7) is 1.60. The number of carbonyl (C=O) groups excluding carboxylic acids is 1. The topological polar surface area (TPSA) is 72.1 Å². The van der Waals surface area contributed by atoms with E-state index in [1.54, 1.807) is 31.3 Å². The molecule has 0 atom stereocenters. The van der Waals surface area contributed by atoms with Crippen LogP contribution in [-0.4, -0.2) is 21.1 Å². The van der Waals surface area contributed by atoms with Crippen molar-refractivity contribution in [3.8, 4) is 0 Å². The SMILES string of the molecule is Cc1nnc(C(=O)N(Cl)c2ccc3ncccc3c2)o1. The van der Waals surface area contributed by atoms with Crippen LogP contribution in [0.15, 0.2) is 40.9 Å². The molecule has 1 aromatic carbocycles. The lowest BCUT2D eigenvalue weighted by atomic mass is 10.2. The van der Waals surface area contributed by atoms with Crippen LogP contribution in [0.5, 0.6) is 0 Å². The molecule has 100 valence electrons. The molecule has 6 nitrogen and oxygen atoms in total. The van der Waals surface area contributed by atoms with Crippen LogP contribution in [0.3, 0.4) is 0 Å². The van der Waals surface area contributed by atoms with Gasteiger partial charge in [0.1, 0.15) is 0 Å². The number of rotatable bonds is 2. The number of aryl methyl sites for hydroxylation is 1. The summed E-state index contributed by atoms with van der Waals surface area (Å²) in [6.07, 6.45) is 1.70. The smallest absolute Gasteiger partial charge is 0.330 e. The van der Waals surface area contributed by atoms with Crippen molar-refractivity contribution in [2.75, 3.05) is 4.42 Å². The Labute approximate surface area is 119 Å². The normalized spacial score (nSPS) is 10.7. The lowest BCUT2D eigenvalue weighted by Gasteiger charge is -2.12. The fourth-order valence-electron chi connectivity index (χ4n) is 1.77. The summed E-state index contributed by atoms with van der Waals surface area (Å²) in [6, 6.07) is 8.94. The minimum atomic E-state index is -0.574. The maximum Gasteiger partial charge on any atom is 0.330 e. The van der Waals surface area contributed by atoms with Crippen molar-refractivity contribution in [3.63, 3.8) is 0 Å². The first-order chi connectivity index (χ1) is 9.65. The average molecular weight is 289 g/mol. The quantitative estimate of drug-likeness (QED) is 0.678. The monoisotopic (exact) mass is 288 g/mol. The zero-order chi connectivity index (χ0) is 14.1. The molecule has 0 spiro atoms. The summed E-state index contributed by atoms with van der Waals surface area (Å²) in [5, 5.41) is 8.13. The van der Waals surface area contributed by atoms with Crippen LogP contribution in [0.1, 0.15) is 16.6 Å². The van der Waals surface area contributed by atoms with Crippen LogP contribution in [-0.2, 0) is 0 Å². The van der Waals surface area contributed by atoms with Gasteiger partial charge < -0.3 is 4.42 Å². The molecule has 2 heterocycles. The van der Waals surface area contributed by atoms with Crippen molar-refractivity contribution in [1.82, 2.24) is 15.2 Å². The summed E-state index contributed by atoms with van der Waals surface area (Å²) >= 11 is 6.04. The lowest BCUT2D eigenvalue weighted by Crippen LogP contribution is -2.21. The molecule has 0 N–H and O–H groups in total. The molecule has 0 aliphatic carbocycles. The van der Waals surface area contributed by atoms with Gasteiger partial charge in [0.05, 0.1) is 11.2 Å². The molecule has 0 bridgehead atoms. The van der Waals surface area contributed by atoms with E-state index >= 15 is 0 Å². The molecule has 1 amide bonds. The first kappa shape index (κ1) is 12.6. The Balaban J connectivity index is 1.95. The molecule has 3 rings (SSSR count). The highest BCUT2D eigenvalue weighted by molar-refractivity contribution is 6.38. The van der Waals surface area contributed by atoms with Gasteiger partial charge in [-0.25, -0.2) is 4.42 Å². The van der Waals surface area contributed by atoms with Gasteiger partial charge in [-0.05, 0) is 24.3 Å². The lowest BCUT2D eigenvalue weighted by molar-refractivity contribution is 0.0971. The predicted molar refractivity (Wildman–Crippen MR) is 73.4 cm³/mol. The van der Waals surface area contributed by atoms with Crippen LogP contribution in [0.25, 0.3) is 10.9 Å². The number of halogens is 1. The molecule has 2 aromatic heterocycles. The molecule has 0 radical (unpaired) electrons. The second-order valence-corrected chi connectivity index (χ2v) is 4.43. The molecule has 0 unspecified atom stereocenters. The van der Waals surface area contributed by atoms with Crippen LogP contribution in [0.2, 0.25) is 0 Å². The standard InChI is InChI=1S/C13H9ClN4O2/c1-8-16-17-12(20-8)13(19)18(14)10-4-5-11-9(7-10)3-2-6-15-11/h2-7H,1H3. The predicted octanol–water partition coefficient (Wildman–Crippen LogP) is 2.73. The number of hydrogen-bond acceptors (Lipinski definition) is 5. The van der Waals surface area contributed by atoms with E-state index in [2.05, 4.69) is 15.2 Å². The number of anilines is 1. The summed E-state index contributed by atoms with van der Waals surface area (Å²) < 4.78 is 6.01. The van der Waals surface area contributed by atoms with Crippen molar-refractivity contribution in [2.24, 2.45) is 0 Å². The van der Waals surface area contributed by atoms with Gasteiger partial charge in [-0.15, -0.1) is 10.2 Å². The van der Waals surface area contributed by atoms with Gasteiger partial charge >= 0.3 is 11.8 Å². The highest BCUT2D eigenvalue weighted by atomic mass is 35.5. The van der Waals surface area contributed by atoms with Gasteiger partial charge in [-0.2, -0.15) is 0 Å². The first-order valence-electron chi connectivity index (χ1n) is 5.80. The third-order valence-corrected chi connectivity index (χ3v) is 3.05. The zero-order valence-corrected chi connectivity index (χ0v) is 11.2. The summed E-state index contributed by atoms with van der Waals surface area (Å²) in [7, 11) is 0. The second-order valence-electron chi connectivity index (χ2n) is 4.09. The van der Waals surface area contributed by atoms with E-state index in [1.807, 2.05) is 12.1 Å². The second kappa shape index (κ2) is 4.90. The van der Waals surface area contributed by atoms with Crippen molar-refractivity contribution in [3.05, 3.63) is 48.3 Å². The molecule has 0 saturated heterocycles. The summed E-state index contributed by atoms with van der Waals surface area (Å²) in [5.41, 5.74) is 1.33. The maximum atomic E-state index is 12.1.